The molecule has 4 atom stereocenters. The van der Waals surface area contributed by atoms with Crippen molar-refractivity contribution in [2.45, 2.75) is 31.5 Å². The number of hydrogen-bond donors (Lipinski definition) is 2. The zero-order valence-electron chi connectivity index (χ0n) is 14.8. The van der Waals surface area contributed by atoms with Crippen molar-refractivity contribution in [2.24, 2.45) is 11.8 Å². The summed E-state index contributed by atoms with van der Waals surface area (Å²) >= 11 is 0. The van der Waals surface area contributed by atoms with E-state index < -0.39 is 0 Å². The molecule has 2 bridgehead atoms. The van der Waals surface area contributed by atoms with Crippen LogP contribution in [-0.4, -0.2) is 48.5 Å². The molecule has 3 aliphatic heterocycles. The Morgan fingerprint density at radius 3 is 2.48 bits per heavy atom. The summed E-state index contributed by atoms with van der Waals surface area (Å²) in [6.45, 7) is 0.0693. The van der Waals surface area contributed by atoms with Gasteiger partial charge in [0.15, 0.2) is 0 Å². The van der Waals surface area contributed by atoms with E-state index in [9.17, 15) is 14.4 Å². The van der Waals surface area contributed by atoms with Crippen molar-refractivity contribution in [1.29, 1.82) is 0 Å². The molecule has 3 amide bonds. The van der Waals surface area contributed by atoms with Gasteiger partial charge >= 0.3 is 0 Å². The SMILES string of the molecule is COc1ccc(N)c(NC(=O)CCN2C(=O)C3C4CCC(O4)C3C2=O)c1.Cl. The lowest BCUT2D eigenvalue weighted by atomic mass is 9.81. The highest BCUT2D eigenvalue weighted by Crippen LogP contribution is 2.48. The molecule has 4 rings (SSSR count). The average molecular weight is 396 g/mol. The fourth-order valence-electron chi connectivity index (χ4n) is 4.19. The third-order valence-electron chi connectivity index (χ3n) is 5.47. The zero-order valence-corrected chi connectivity index (χ0v) is 15.7. The Balaban J connectivity index is 0.00000210. The second kappa shape index (κ2) is 7.36. The molecule has 146 valence electrons. The fraction of sp³-hybridized carbons (Fsp3) is 0.500. The van der Waals surface area contributed by atoms with Crippen LogP contribution in [0, 0.1) is 11.8 Å². The third kappa shape index (κ3) is 3.23. The van der Waals surface area contributed by atoms with Crippen LogP contribution in [0.2, 0.25) is 0 Å². The highest BCUT2D eigenvalue weighted by atomic mass is 35.5. The van der Waals surface area contributed by atoms with Crippen molar-refractivity contribution in [3.05, 3.63) is 18.2 Å². The van der Waals surface area contributed by atoms with Crippen LogP contribution in [0.3, 0.4) is 0 Å². The number of carbonyl (C=O) groups excluding carboxylic acids is 3. The first-order valence-electron chi connectivity index (χ1n) is 8.73. The summed E-state index contributed by atoms with van der Waals surface area (Å²) in [7, 11) is 1.52. The van der Waals surface area contributed by atoms with Crippen LogP contribution >= 0.6 is 12.4 Å². The van der Waals surface area contributed by atoms with Gasteiger partial charge in [-0.3, -0.25) is 19.3 Å². The van der Waals surface area contributed by atoms with Gasteiger partial charge in [0.2, 0.25) is 17.7 Å². The van der Waals surface area contributed by atoms with E-state index >= 15 is 0 Å². The molecule has 3 aliphatic rings. The fourth-order valence-corrected chi connectivity index (χ4v) is 4.19. The van der Waals surface area contributed by atoms with Gasteiger partial charge in [0.05, 0.1) is 42.5 Å². The summed E-state index contributed by atoms with van der Waals surface area (Å²) in [5, 5.41) is 2.70. The lowest BCUT2D eigenvalue weighted by molar-refractivity contribution is -0.142. The molecule has 3 saturated heterocycles. The first kappa shape index (κ1) is 19.4. The molecule has 1 aromatic carbocycles. The van der Waals surface area contributed by atoms with Gasteiger partial charge < -0.3 is 20.5 Å². The number of hydrogen-bond acceptors (Lipinski definition) is 6. The highest BCUT2D eigenvalue weighted by Gasteiger charge is 2.62. The Labute approximate surface area is 162 Å². The minimum atomic E-state index is -0.363. The van der Waals surface area contributed by atoms with E-state index in [0.29, 0.717) is 17.1 Å². The van der Waals surface area contributed by atoms with Crippen LogP contribution in [0.1, 0.15) is 19.3 Å². The number of halogens is 1. The second-order valence-electron chi connectivity index (χ2n) is 6.92. The normalized spacial score (nSPS) is 28.1. The molecular formula is C18H22ClN3O5. The van der Waals surface area contributed by atoms with Crippen LogP contribution in [0.5, 0.6) is 5.75 Å². The maximum atomic E-state index is 12.6. The number of methoxy groups -OCH3 is 1. The van der Waals surface area contributed by atoms with Gasteiger partial charge in [0, 0.05) is 19.0 Å². The van der Waals surface area contributed by atoms with E-state index in [0.717, 1.165) is 12.8 Å². The third-order valence-corrected chi connectivity index (χ3v) is 5.47. The number of fused-ring (bicyclic) bond motifs is 5. The topological polar surface area (TPSA) is 111 Å². The van der Waals surface area contributed by atoms with Crippen LogP contribution in [0.4, 0.5) is 11.4 Å². The van der Waals surface area contributed by atoms with Gasteiger partial charge in [-0.1, -0.05) is 0 Å². The number of nitrogens with one attached hydrogen (secondary N) is 1. The molecule has 0 aliphatic carbocycles. The van der Waals surface area contributed by atoms with Gasteiger partial charge in [-0.05, 0) is 25.0 Å². The molecule has 0 spiro atoms. The number of amides is 3. The minimum absolute atomic E-state index is 0. The number of carbonyl (C=O) groups is 3. The molecule has 3 fully saturated rings. The number of anilines is 2. The molecule has 0 radical (unpaired) electrons. The summed E-state index contributed by atoms with van der Waals surface area (Å²) in [5.41, 5.74) is 6.71. The monoisotopic (exact) mass is 395 g/mol. The van der Waals surface area contributed by atoms with E-state index in [1.807, 2.05) is 0 Å². The Kier molecular flexibility index (Phi) is 5.30. The van der Waals surface area contributed by atoms with Gasteiger partial charge in [-0.15, -0.1) is 12.4 Å². The first-order chi connectivity index (χ1) is 12.5. The smallest absolute Gasteiger partial charge is 0.235 e. The lowest BCUT2D eigenvalue weighted by Gasteiger charge is -2.17. The van der Waals surface area contributed by atoms with E-state index in [2.05, 4.69) is 5.32 Å². The number of rotatable bonds is 5. The number of nitrogen functional groups attached to an aromatic ring is 1. The van der Waals surface area contributed by atoms with Crippen LogP contribution in [0.25, 0.3) is 0 Å². The van der Waals surface area contributed by atoms with Gasteiger partial charge in [0.1, 0.15) is 5.75 Å². The standard InChI is InChI=1S/C18H21N3O5.ClH/c1-25-9-2-3-10(19)11(8-9)20-14(22)6-7-21-17(23)15-12-4-5-13(26-12)16(15)18(21)24;/h2-3,8,12-13,15-16H,4-7,19H2,1H3,(H,20,22);1H. The Bertz CT molecular complexity index is 758. The lowest BCUT2D eigenvalue weighted by Crippen LogP contribution is -2.36. The maximum Gasteiger partial charge on any atom is 0.235 e. The van der Waals surface area contributed by atoms with Gasteiger partial charge in [-0.2, -0.15) is 0 Å². The van der Waals surface area contributed by atoms with E-state index in [1.54, 1.807) is 18.2 Å². The summed E-state index contributed by atoms with van der Waals surface area (Å²) < 4.78 is 10.8. The number of likely N-dealkylation sites (tertiary alicyclic amines) is 1. The Morgan fingerprint density at radius 1 is 1.26 bits per heavy atom. The molecule has 0 saturated carbocycles. The molecule has 1 aromatic rings. The van der Waals surface area contributed by atoms with E-state index in [1.165, 1.54) is 12.0 Å². The second-order valence-corrected chi connectivity index (χ2v) is 6.92. The average Bonchev–Trinajstić information content (AvgIpc) is 3.30. The number of nitrogens with two attached hydrogens (primary N) is 1. The highest BCUT2D eigenvalue weighted by molar-refractivity contribution is 6.06. The minimum Gasteiger partial charge on any atom is -0.497 e. The zero-order chi connectivity index (χ0) is 18.4. The van der Waals surface area contributed by atoms with Crippen molar-refractivity contribution in [2.75, 3.05) is 24.7 Å². The maximum absolute atomic E-state index is 12.6. The Hall–Kier alpha value is -2.32. The summed E-state index contributed by atoms with van der Waals surface area (Å²) in [6.07, 6.45) is 1.39. The van der Waals surface area contributed by atoms with Crippen molar-refractivity contribution in [1.82, 2.24) is 4.90 Å². The molecule has 4 unspecified atom stereocenters. The summed E-state index contributed by atoms with van der Waals surface area (Å²) in [5.74, 6) is -0.886. The van der Waals surface area contributed by atoms with Crippen LogP contribution in [0.15, 0.2) is 18.2 Å². The van der Waals surface area contributed by atoms with Crippen molar-refractivity contribution in [3.8, 4) is 5.75 Å². The number of ether oxygens (including phenoxy) is 2. The summed E-state index contributed by atoms with van der Waals surface area (Å²) in [6, 6.07) is 4.96. The molecule has 3 N–H and O–H groups in total. The molecule has 9 heteroatoms. The van der Waals surface area contributed by atoms with Gasteiger partial charge in [-0.25, -0.2) is 0 Å². The van der Waals surface area contributed by atoms with Crippen molar-refractivity contribution < 1.29 is 23.9 Å². The molecule has 8 nitrogen and oxygen atoms in total. The van der Waals surface area contributed by atoms with Crippen molar-refractivity contribution >= 4 is 41.5 Å². The molecule has 27 heavy (non-hydrogen) atoms. The first-order valence-corrected chi connectivity index (χ1v) is 8.73. The van der Waals surface area contributed by atoms with Gasteiger partial charge in [0.25, 0.3) is 0 Å². The number of benzene rings is 1. The molecular weight excluding hydrogens is 374 g/mol. The van der Waals surface area contributed by atoms with Crippen molar-refractivity contribution in [3.63, 3.8) is 0 Å². The van der Waals surface area contributed by atoms with E-state index in [4.69, 9.17) is 15.2 Å². The predicted molar refractivity (Wildman–Crippen MR) is 99.5 cm³/mol. The van der Waals surface area contributed by atoms with E-state index in [-0.39, 0.29) is 67.1 Å². The number of nitrogens with zero attached hydrogens (tertiary/aromatic N) is 1. The molecule has 3 heterocycles. The largest absolute Gasteiger partial charge is 0.497 e. The summed E-state index contributed by atoms with van der Waals surface area (Å²) in [4.78, 5) is 38.6. The predicted octanol–water partition coefficient (Wildman–Crippen LogP) is 1.19. The van der Waals surface area contributed by atoms with Crippen LogP contribution < -0.4 is 15.8 Å². The Morgan fingerprint density at radius 2 is 1.89 bits per heavy atom. The molecule has 0 aromatic heterocycles. The number of imide groups is 1. The quantitative estimate of drug-likeness (QED) is 0.572. The van der Waals surface area contributed by atoms with Crippen LogP contribution in [-0.2, 0) is 19.1 Å².